The number of nitrogens with one attached hydrogen (secondary N) is 1. The van der Waals surface area contributed by atoms with Crippen LogP contribution in [-0.2, 0) is 4.79 Å². The summed E-state index contributed by atoms with van der Waals surface area (Å²) in [6, 6.07) is 5.93. The zero-order valence-corrected chi connectivity index (χ0v) is 14.0. The zero-order chi connectivity index (χ0) is 17.6. The minimum atomic E-state index is -0.833. The summed E-state index contributed by atoms with van der Waals surface area (Å²) in [4.78, 5) is 13.3. The largest absolute Gasteiger partial charge is 0.497 e. The molecule has 2 aromatic rings. The van der Waals surface area contributed by atoms with Crippen molar-refractivity contribution in [1.82, 2.24) is 10.2 Å². The van der Waals surface area contributed by atoms with E-state index in [1.54, 1.807) is 14.0 Å². The lowest BCUT2D eigenvalue weighted by atomic mass is 10.0. The van der Waals surface area contributed by atoms with Gasteiger partial charge in [0.1, 0.15) is 5.75 Å². The number of amidine groups is 1. The molecule has 0 radical (unpaired) electrons. The van der Waals surface area contributed by atoms with Crippen LogP contribution >= 0.6 is 0 Å². The number of ether oxygens (including phenoxy) is 1. The number of nitrogens with zero attached hydrogens (tertiary/aromatic N) is 2. The van der Waals surface area contributed by atoms with Crippen molar-refractivity contribution in [3.63, 3.8) is 0 Å². The zero-order valence-electron chi connectivity index (χ0n) is 14.0. The predicted octanol–water partition coefficient (Wildman–Crippen LogP) is 2.80. The lowest BCUT2D eigenvalue weighted by Crippen LogP contribution is -2.04. The Bertz CT molecular complexity index is 712. The number of hydrogen-bond acceptors (Lipinski definition) is 4. The maximum absolute atomic E-state index is 9.00. The third-order valence-electron chi connectivity index (χ3n) is 2.91. The Balaban J connectivity index is 0.000000593. The van der Waals surface area contributed by atoms with Crippen LogP contribution in [0.15, 0.2) is 23.2 Å². The van der Waals surface area contributed by atoms with Gasteiger partial charge in [-0.05, 0) is 44.0 Å². The van der Waals surface area contributed by atoms with Crippen molar-refractivity contribution in [2.75, 3.05) is 7.11 Å². The van der Waals surface area contributed by atoms with Gasteiger partial charge in [0.15, 0.2) is 5.82 Å². The third kappa shape index (κ3) is 5.14. The first kappa shape index (κ1) is 18.2. The number of rotatable bonds is 3. The van der Waals surface area contributed by atoms with Crippen molar-refractivity contribution >= 4 is 17.6 Å². The number of carboxylic acid groups (broad SMARTS) is 1. The summed E-state index contributed by atoms with van der Waals surface area (Å²) in [5.41, 5.74) is 9.77. The molecule has 0 amide bonds. The molecule has 4 N–H and O–H groups in total. The fourth-order valence-electron chi connectivity index (χ4n) is 2.03. The lowest BCUT2D eigenvalue weighted by Gasteiger charge is -2.08. The highest BCUT2D eigenvalue weighted by molar-refractivity contribution is 5.85. The number of aromatic nitrogens is 2. The second kappa shape index (κ2) is 7.98. The van der Waals surface area contributed by atoms with Crippen LogP contribution in [0, 0.1) is 13.8 Å². The molecule has 1 heterocycles. The first-order chi connectivity index (χ1) is 10.8. The predicted molar refractivity (Wildman–Crippen MR) is 90.3 cm³/mol. The smallest absolute Gasteiger partial charge is 0.300 e. The number of hydrogen-bond donors (Lipinski definition) is 3. The highest BCUT2D eigenvalue weighted by Gasteiger charge is 2.14. The average Bonchev–Trinajstić information content (AvgIpc) is 2.78. The van der Waals surface area contributed by atoms with E-state index >= 15 is 0 Å². The average molecular weight is 318 g/mol. The van der Waals surface area contributed by atoms with Gasteiger partial charge in [-0.15, -0.1) is 0 Å². The Hall–Kier alpha value is -2.83. The van der Waals surface area contributed by atoms with Gasteiger partial charge in [-0.2, -0.15) is 5.10 Å². The molecule has 7 nitrogen and oxygen atoms in total. The summed E-state index contributed by atoms with van der Waals surface area (Å²) in [5, 5.41) is 14.6. The molecule has 1 aromatic carbocycles. The fraction of sp³-hybridized carbons (Fsp3) is 0.312. The van der Waals surface area contributed by atoms with E-state index in [4.69, 9.17) is 20.4 Å². The monoisotopic (exact) mass is 318 g/mol. The van der Waals surface area contributed by atoms with E-state index in [0.717, 1.165) is 35.1 Å². The maximum Gasteiger partial charge on any atom is 0.300 e. The molecule has 0 aliphatic carbocycles. The van der Waals surface area contributed by atoms with E-state index in [-0.39, 0.29) is 0 Å². The number of carbonyl (C=O) groups is 1. The van der Waals surface area contributed by atoms with Crippen molar-refractivity contribution in [2.45, 2.75) is 27.7 Å². The summed E-state index contributed by atoms with van der Waals surface area (Å²) in [5.74, 6) is 1.10. The van der Waals surface area contributed by atoms with Crippen molar-refractivity contribution in [2.24, 2.45) is 10.7 Å². The van der Waals surface area contributed by atoms with Crippen LogP contribution in [0.1, 0.15) is 25.1 Å². The Morgan fingerprint density at radius 2 is 1.96 bits per heavy atom. The molecule has 0 unspecified atom stereocenters. The molecule has 0 bridgehead atoms. The number of aliphatic carboxylic acids is 1. The van der Waals surface area contributed by atoms with Crippen LogP contribution in [0.3, 0.4) is 0 Å². The van der Waals surface area contributed by atoms with Crippen LogP contribution in [0.5, 0.6) is 5.75 Å². The maximum atomic E-state index is 9.00. The Morgan fingerprint density at radius 3 is 2.43 bits per heavy atom. The summed E-state index contributed by atoms with van der Waals surface area (Å²) in [6.07, 6.45) is 0. The second-order valence-electron chi connectivity index (χ2n) is 5.00. The molecule has 0 saturated heterocycles. The highest BCUT2D eigenvalue weighted by Crippen LogP contribution is 2.34. The Labute approximate surface area is 135 Å². The fourth-order valence-corrected chi connectivity index (χ4v) is 2.03. The summed E-state index contributed by atoms with van der Waals surface area (Å²) in [7, 11) is 1.66. The van der Waals surface area contributed by atoms with Gasteiger partial charge in [0.05, 0.1) is 12.9 Å². The quantitative estimate of drug-likeness (QED) is 0.595. The van der Waals surface area contributed by atoms with Crippen LogP contribution in [0.2, 0.25) is 0 Å². The normalized spacial score (nSPS) is 10.7. The number of benzene rings is 1. The SMILES string of the molecule is CC(=O)O.COc1ccc(-c2c(N=C(C)N)n[nH]c2C)c(C)c1. The molecule has 0 aliphatic heterocycles. The van der Waals surface area contributed by atoms with E-state index in [0.29, 0.717) is 11.7 Å². The molecule has 0 saturated carbocycles. The van der Waals surface area contributed by atoms with Crippen LogP contribution < -0.4 is 10.5 Å². The number of carboxylic acids is 1. The molecule has 1 aromatic heterocycles. The van der Waals surface area contributed by atoms with Gasteiger partial charge in [0.2, 0.25) is 0 Å². The standard InChI is InChI=1S/C14H18N4O.C2H4O2/c1-8-7-11(19-4)5-6-12(8)13-9(2)17-18-14(13)16-10(3)15;1-2(3)4/h5-7H,1-4H3,(H3,15,16,17,18);1H3,(H,3,4). The molecule has 7 heteroatoms. The third-order valence-corrected chi connectivity index (χ3v) is 2.91. The molecule has 124 valence electrons. The van der Waals surface area contributed by atoms with Gasteiger partial charge in [-0.3, -0.25) is 9.89 Å². The van der Waals surface area contributed by atoms with Gasteiger partial charge in [-0.1, -0.05) is 6.07 Å². The van der Waals surface area contributed by atoms with E-state index in [2.05, 4.69) is 15.2 Å². The molecule has 2 rings (SSSR count). The molecule has 0 aliphatic rings. The van der Waals surface area contributed by atoms with E-state index in [1.165, 1.54) is 0 Å². The van der Waals surface area contributed by atoms with Gasteiger partial charge < -0.3 is 15.6 Å². The molecular weight excluding hydrogens is 296 g/mol. The summed E-state index contributed by atoms with van der Waals surface area (Å²) in [6.45, 7) is 6.83. The van der Waals surface area contributed by atoms with Crippen LogP contribution in [-0.4, -0.2) is 34.2 Å². The minimum Gasteiger partial charge on any atom is -0.497 e. The van der Waals surface area contributed by atoms with Crippen molar-refractivity contribution in [1.29, 1.82) is 0 Å². The first-order valence-corrected chi connectivity index (χ1v) is 6.96. The second-order valence-corrected chi connectivity index (χ2v) is 5.00. The lowest BCUT2D eigenvalue weighted by molar-refractivity contribution is -0.134. The Kier molecular flexibility index (Phi) is 6.32. The molecule has 0 atom stereocenters. The summed E-state index contributed by atoms with van der Waals surface area (Å²) >= 11 is 0. The molecule has 0 fully saturated rings. The number of nitrogens with two attached hydrogens (primary N) is 1. The number of methoxy groups -OCH3 is 1. The van der Waals surface area contributed by atoms with E-state index in [1.807, 2.05) is 32.0 Å². The van der Waals surface area contributed by atoms with E-state index < -0.39 is 5.97 Å². The number of aryl methyl sites for hydroxylation is 2. The van der Waals surface area contributed by atoms with Gasteiger partial charge in [0, 0.05) is 18.2 Å². The molecule has 23 heavy (non-hydrogen) atoms. The number of aliphatic imine (C=N–C) groups is 1. The first-order valence-electron chi connectivity index (χ1n) is 6.96. The highest BCUT2D eigenvalue weighted by atomic mass is 16.5. The van der Waals surface area contributed by atoms with E-state index in [9.17, 15) is 0 Å². The van der Waals surface area contributed by atoms with Gasteiger partial charge in [-0.25, -0.2) is 4.99 Å². The van der Waals surface area contributed by atoms with Gasteiger partial charge >= 0.3 is 0 Å². The topological polar surface area (TPSA) is 114 Å². The Morgan fingerprint density at radius 1 is 1.35 bits per heavy atom. The minimum absolute atomic E-state index is 0.485. The molecular formula is C16H22N4O3. The molecule has 0 spiro atoms. The van der Waals surface area contributed by atoms with Crippen molar-refractivity contribution in [3.8, 4) is 16.9 Å². The number of aromatic amines is 1. The van der Waals surface area contributed by atoms with Crippen molar-refractivity contribution < 1.29 is 14.6 Å². The number of H-pyrrole nitrogens is 1. The summed E-state index contributed by atoms with van der Waals surface area (Å²) < 4.78 is 5.22. The van der Waals surface area contributed by atoms with Crippen LogP contribution in [0.25, 0.3) is 11.1 Å². The van der Waals surface area contributed by atoms with Crippen molar-refractivity contribution in [3.05, 3.63) is 29.5 Å². The van der Waals surface area contributed by atoms with Gasteiger partial charge in [0.25, 0.3) is 5.97 Å². The van der Waals surface area contributed by atoms with Crippen LogP contribution in [0.4, 0.5) is 5.82 Å².